The van der Waals surface area contributed by atoms with Gasteiger partial charge in [-0.1, -0.05) is 23.7 Å². The Morgan fingerprint density at radius 1 is 1.12 bits per heavy atom. The monoisotopic (exact) mass is 496 g/mol. The Morgan fingerprint density at radius 3 is 2.76 bits per heavy atom. The van der Waals surface area contributed by atoms with Crippen LogP contribution in [0.15, 0.2) is 60.2 Å². The summed E-state index contributed by atoms with van der Waals surface area (Å²) in [5.41, 5.74) is 2.89. The summed E-state index contributed by atoms with van der Waals surface area (Å²) in [5, 5.41) is 6.12. The van der Waals surface area contributed by atoms with Gasteiger partial charge < -0.3 is 19.5 Å². The first-order valence-electron chi connectivity index (χ1n) is 10.4. The first kappa shape index (κ1) is 23.5. The smallest absolute Gasteiger partial charge is 0.489 e. The maximum Gasteiger partial charge on any atom is 0.513 e. The third-order valence-corrected chi connectivity index (χ3v) is 6.19. The van der Waals surface area contributed by atoms with Gasteiger partial charge >= 0.3 is 6.16 Å². The number of aromatic nitrogens is 1. The van der Waals surface area contributed by atoms with E-state index in [1.165, 1.54) is 17.5 Å². The maximum absolute atomic E-state index is 12.5. The van der Waals surface area contributed by atoms with Crippen LogP contribution in [0.1, 0.15) is 28.4 Å². The van der Waals surface area contributed by atoms with Crippen LogP contribution in [0.2, 0.25) is 5.02 Å². The van der Waals surface area contributed by atoms with Crippen molar-refractivity contribution in [2.45, 2.75) is 20.5 Å². The minimum Gasteiger partial charge on any atom is -0.489 e. The number of halogens is 1. The van der Waals surface area contributed by atoms with E-state index >= 15 is 0 Å². The number of carbonyl (C=O) groups is 2. The highest BCUT2D eigenvalue weighted by Crippen LogP contribution is 2.34. The molecule has 4 aromatic rings. The summed E-state index contributed by atoms with van der Waals surface area (Å²) in [5.74, 6) is 0.713. The van der Waals surface area contributed by atoms with Crippen molar-refractivity contribution < 1.29 is 23.8 Å². The van der Waals surface area contributed by atoms with E-state index in [0.717, 1.165) is 21.2 Å². The standard InChI is InChI=1S/C25H21ClN2O5S/c1-3-31-25(30)33-22-12-27-11-20-17(14-34-23(20)22)13-32-21-10-19(8-7-15(21)2)28-24(29)16-5-4-6-18(26)9-16/h4-12,14H,3,13H2,1-2H3,(H,28,29). The number of anilines is 1. The molecule has 34 heavy (non-hydrogen) atoms. The molecule has 0 bridgehead atoms. The average molecular weight is 497 g/mol. The molecule has 174 valence electrons. The number of carbonyl (C=O) groups excluding carboxylic acids is 2. The lowest BCUT2D eigenvalue weighted by atomic mass is 10.1. The highest BCUT2D eigenvalue weighted by Gasteiger charge is 2.15. The van der Waals surface area contributed by atoms with Gasteiger partial charge in [0.05, 0.1) is 17.5 Å². The van der Waals surface area contributed by atoms with Crippen molar-refractivity contribution in [3.8, 4) is 11.5 Å². The number of benzene rings is 2. The molecule has 0 atom stereocenters. The van der Waals surface area contributed by atoms with Crippen LogP contribution >= 0.6 is 22.9 Å². The highest BCUT2D eigenvalue weighted by molar-refractivity contribution is 7.17. The molecule has 0 unspecified atom stereocenters. The Balaban J connectivity index is 1.48. The summed E-state index contributed by atoms with van der Waals surface area (Å²) in [7, 11) is 0. The fourth-order valence-corrected chi connectivity index (χ4v) is 4.38. The van der Waals surface area contributed by atoms with Gasteiger partial charge in [-0.15, -0.1) is 11.3 Å². The second-order valence-electron chi connectivity index (χ2n) is 7.29. The van der Waals surface area contributed by atoms with Crippen molar-refractivity contribution >= 4 is 50.8 Å². The number of rotatable bonds is 7. The number of nitrogens with one attached hydrogen (secondary N) is 1. The lowest BCUT2D eigenvalue weighted by Gasteiger charge is -2.12. The fraction of sp³-hybridized carbons (Fsp3) is 0.160. The molecule has 0 saturated carbocycles. The molecule has 2 aromatic carbocycles. The normalized spacial score (nSPS) is 10.7. The summed E-state index contributed by atoms with van der Waals surface area (Å²) in [6.07, 6.45) is 2.42. The number of fused-ring (bicyclic) bond motifs is 1. The van der Waals surface area contributed by atoms with Gasteiger partial charge in [-0.2, -0.15) is 0 Å². The van der Waals surface area contributed by atoms with Crippen molar-refractivity contribution in [1.82, 2.24) is 4.98 Å². The third kappa shape index (κ3) is 5.47. The molecule has 4 rings (SSSR count). The van der Waals surface area contributed by atoms with E-state index in [0.29, 0.717) is 27.8 Å². The zero-order valence-electron chi connectivity index (χ0n) is 18.5. The van der Waals surface area contributed by atoms with Crippen molar-refractivity contribution in [2.24, 2.45) is 0 Å². The van der Waals surface area contributed by atoms with Gasteiger partial charge in [-0.25, -0.2) is 4.79 Å². The van der Waals surface area contributed by atoms with E-state index in [4.69, 9.17) is 25.8 Å². The van der Waals surface area contributed by atoms with Crippen molar-refractivity contribution in [1.29, 1.82) is 0 Å². The second-order valence-corrected chi connectivity index (χ2v) is 8.61. The van der Waals surface area contributed by atoms with E-state index in [1.807, 2.05) is 24.4 Å². The van der Waals surface area contributed by atoms with Crippen molar-refractivity contribution in [3.63, 3.8) is 0 Å². The largest absolute Gasteiger partial charge is 0.513 e. The van der Waals surface area contributed by atoms with E-state index in [1.54, 1.807) is 43.5 Å². The molecule has 2 aromatic heterocycles. The minimum atomic E-state index is -0.768. The van der Waals surface area contributed by atoms with Crippen molar-refractivity contribution in [2.75, 3.05) is 11.9 Å². The van der Waals surface area contributed by atoms with E-state index in [9.17, 15) is 9.59 Å². The molecule has 0 aliphatic rings. The Morgan fingerprint density at radius 2 is 1.97 bits per heavy atom. The van der Waals surface area contributed by atoms with E-state index in [-0.39, 0.29) is 19.1 Å². The molecule has 0 aliphatic carbocycles. The number of nitrogens with zero attached hydrogens (tertiary/aromatic N) is 1. The zero-order chi connectivity index (χ0) is 24.1. The van der Waals surface area contributed by atoms with Gasteiger partial charge in [0, 0.05) is 39.5 Å². The number of thiophene rings is 1. The third-order valence-electron chi connectivity index (χ3n) is 4.90. The van der Waals surface area contributed by atoms with E-state index in [2.05, 4.69) is 10.3 Å². The molecular weight excluding hydrogens is 476 g/mol. The predicted octanol–water partition coefficient (Wildman–Crippen LogP) is 6.62. The van der Waals surface area contributed by atoms with Crippen LogP contribution in [-0.2, 0) is 11.3 Å². The van der Waals surface area contributed by atoms with E-state index < -0.39 is 6.16 Å². The molecule has 0 fully saturated rings. The number of amides is 1. The Labute approximate surface area is 205 Å². The summed E-state index contributed by atoms with van der Waals surface area (Å²) < 4.78 is 17.0. The van der Waals surface area contributed by atoms with Gasteiger partial charge in [-0.05, 0) is 49.1 Å². The molecule has 0 radical (unpaired) electrons. The molecule has 2 heterocycles. The van der Waals surface area contributed by atoms with Crippen LogP contribution in [0.5, 0.6) is 11.5 Å². The lowest BCUT2D eigenvalue weighted by molar-refractivity contribution is 0.102. The summed E-state index contributed by atoms with van der Waals surface area (Å²) in [6.45, 7) is 4.14. The second kappa shape index (κ2) is 10.5. The highest BCUT2D eigenvalue weighted by atomic mass is 35.5. The molecule has 0 saturated heterocycles. The summed E-state index contributed by atoms with van der Waals surface area (Å²) in [4.78, 5) is 28.4. The average Bonchev–Trinajstić information content (AvgIpc) is 3.23. The summed E-state index contributed by atoms with van der Waals surface area (Å²) >= 11 is 7.41. The van der Waals surface area contributed by atoms with Crippen LogP contribution in [0.4, 0.5) is 10.5 Å². The minimum absolute atomic E-state index is 0.226. The van der Waals surface area contributed by atoms with Gasteiger partial charge in [0.1, 0.15) is 12.4 Å². The van der Waals surface area contributed by atoms with Crippen LogP contribution in [-0.4, -0.2) is 23.7 Å². The summed E-state index contributed by atoms with van der Waals surface area (Å²) in [6, 6.07) is 12.2. The Bertz CT molecular complexity index is 1350. The van der Waals surface area contributed by atoms with Gasteiger partial charge in [0.25, 0.3) is 5.91 Å². The number of pyridine rings is 1. The quantitative estimate of drug-likeness (QED) is 0.289. The fourth-order valence-electron chi connectivity index (χ4n) is 3.22. The molecular formula is C25H21ClN2O5S. The van der Waals surface area contributed by atoms with Crippen LogP contribution in [0.3, 0.4) is 0 Å². The van der Waals surface area contributed by atoms with Gasteiger partial charge in [0.2, 0.25) is 0 Å². The predicted molar refractivity (Wildman–Crippen MR) is 132 cm³/mol. The van der Waals surface area contributed by atoms with Crippen LogP contribution in [0, 0.1) is 6.92 Å². The number of hydrogen-bond donors (Lipinski definition) is 1. The van der Waals surface area contributed by atoms with Gasteiger partial charge in [0.15, 0.2) is 5.75 Å². The first-order chi connectivity index (χ1) is 16.4. The number of ether oxygens (including phenoxy) is 3. The maximum atomic E-state index is 12.5. The topological polar surface area (TPSA) is 86.8 Å². The molecule has 1 N–H and O–H groups in total. The number of aryl methyl sites for hydroxylation is 1. The molecule has 0 aliphatic heterocycles. The molecule has 7 nitrogen and oxygen atoms in total. The van der Waals surface area contributed by atoms with Crippen LogP contribution < -0.4 is 14.8 Å². The number of hydrogen-bond acceptors (Lipinski definition) is 7. The van der Waals surface area contributed by atoms with Crippen LogP contribution in [0.25, 0.3) is 10.1 Å². The Kier molecular flexibility index (Phi) is 7.30. The SMILES string of the molecule is CCOC(=O)Oc1cncc2c(COc3cc(NC(=O)c4cccc(Cl)c4)ccc3C)csc12. The van der Waals surface area contributed by atoms with Crippen molar-refractivity contribution in [3.05, 3.63) is 82.0 Å². The first-order valence-corrected chi connectivity index (χ1v) is 11.7. The molecule has 0 spiro atoms. The lowest BCUT2D eigenvalue weighted by Crippen LogP contribution is -2.12. The molecule has 1 amide bonds. The van der Waals surface area contributed by atoms with Gasteiger partial charge in [-0.3, -0.25) is 9.78 Å². The zero-order valence-corrected chi connectivity index (χ0v) is 20.0. The molecule has 9 heteroatoms. The Hall–Kier alpha value is -3.62.